The maximum Gasteiger partial charge on any atom is 0.410 e. The second-order valence-electron chi connectivity index (χ2n) is 12.7. The fraction of sp³-hybridized carbons (Fsp3) is 0.552. The third-order valence-electron chi connectivity index (χ3n) is 6.26. The van der Waals surface area contributed by atoms with Gasteiger partial charge in [-0.05, 0) is 72.6 Å². The van der Waals surface area contributed by atoms with Gasteiger partial charge in [0.2, 0.25) is 15.9 Å². The number of halogens is 4. The molecule has 1 aromatic carbocycles. The minimum Gasteiger partial charge on any atom is -0.444 e. The largest absolute Gasteiger partial charge is 0.444 e. The number of aryl methyl sites for hydroxylation is 1. The number of benzene rings is 1. The van der Waals surface area contributed by atoms with Gasteiger partial charge in [-0.15, -0.1) is 0 Å². The second-order valence-corrected chi connectivity index (χ2v) is 14.5. The zero-order valence-corrected chi connectivity index (χ0v) is 27.1. The van der Waals surface area contributed by atoms with Crippen LogP contribution >= 0.6 is 0 Å². The van der Waals surface area contributed by atoms with Crippen molar-refractivity contribution in [2.75, 3.05) is 12.8 Å². The first-order valence-corrected chi connectivity index (χ1v) is 15.8. The number of aromatic nitrogens is 1. The van der Waals surface area contributed by atoms with Gasteiger partial charge in [-0.3, -0.25) is 4.90 Å². The standard InChI is InChI=1S/C29H38F4N4O7S/c1-16-12-18(30)19(14-34-25(38)43-27(2,3)4)35-24(16)42-21-11-9-10-17(22(21)31)13-20-23(36-45(8,40)41)29(32,33)15-37(20)26(39)44-28(5,6)7/h9-12,20,23,36H,13-15H2,1-8H3,(H,34,38)/t20-,23+/m0/s1. The monoisotopic (exact) mass is 662 g/mol. The number of pyridine rings is 1. The molecule has 1 aliphatic rings. The first-order chi connectivity index (χ1) is 20.5. The van der Waals surface area contributed by atoms with Crippen molar-refractivity contribution >= 4 is 22.2 Å². The van der Waals surface area contributed by atoms with Crippen LogP contribution in [0.25, 0.3) is 0 Å². The number of alkyl halides is 2. The molecule has 0 spiro atoms. The Balaban J connectivity index is 1.92. The van der Waals surface area contributed by atoms with Crippen LogP contribution in [0.3, 0.4) is 0 Å². The fourth-order valence-corrected chi connectivity index (χ4v) is 5.26. The molecule has 0 radical (unpaired) electrons. The number of carbonyl (C=O) groups excluding carboxylic acids is 2. The zero-order valence-electron chi connectivity index (χ0n) is 26.3. The third-order valence-corrected chi connectivity index (χ3v) is 6.94. The molecule has 0 unspecified atom stereocenters. The van der Waals surface area contributed by atoms with Gasteiger partial charge in [0.25, 0.3) is 5.92 Å². The van der Waals surface area contributed by atoms with Crippen LogP contribution in [0.1, 0.15) is 58.4 Å². The number of sulfonamides is 1. The van der Waals surface area contributed by atoms with Crippen LogP contribution in [-0.4, -0.2) is 72.5 Å². The van der Waals surface area contributed by atoms with Crippen molar-refractivity contribution < 1.29 is 49.8 Å². The summed E-state index contributed by atoms with van der Waals surface area (Å²) < 4.78 is 103. The predicted molar refractivity (Wildman–Crippen MR) is 156 cm³/mol. The molecule has 0 bridgehead atoms. The minimum absolute atomic E-state index is 0.183. The van der Waals surface area contributed by atoms with Gasteiger partial charge in [0, 0.05) is 5.56 Å². The maximum atomic E-state index is 15.8. The van der Waals surface area contributed by atoms with E-state index in [1.807, 2.05) is 4.72 Å². The molecule has 0 aliphatic carbocycles. The van der Waals surface area contributed by atoms with Crippen molar-refractivity contribution in [2.45, 2.75) is 90.6 Å². The molecule has 2 atom stereocenters. The topological polar surface area (TPSA) is 136 Å². The summed E-state index contributed by atoms with van der Waals surface area (Å²) in [6, 6.07) is 1.29. The normalized spacial score (nSPS) is 18.4. The predicted octanol–water partition coefficient (Wildman–Crippen LogP) is 5.20. The molecule has 3 rings (SSSR count). The molecule has 1 fully saturated rings. The molecule has 11 nitrogen and oxygen atoms in total. The first-order valence-electron chi connectivity index (χ1n) is 13.9. The van der Waals surface area contributed by atoms with Gasteiger partial charge in [-0.2, -0.15) is 0 Å². The number of amides is 2. The van der Waals surface area contributed by atoms with E-state index < -0.39 is 81.8 Å². The summed E-state index contributed by atoms with van der Waals surface area (Å²) in [5.41, 5.74) is -2.08. The number of nitrogens with one attached hydrogen (secondary N) is 2. The molecular weight excluding hydrogens is 624 g/mol. The lowest BCUT2D eigenvalue weighted by Gasteiger charge is -2.30. The van der Waals surface area contributed by atoms with E-state index in [-0.39, 0.29) is 29.2 Å². The highest BCUT2D eigenvalue weighted by molar-refractivity contribution is 7.88. The molecule has 16 heteroatoms. The third kappa shape index (κ3) is 9.91. The van der Waals surface area contributed by atoms with Gasteiger partial charge < -0.3 is 19.5 Å². The molecule has 45 heavy (non-hydrogen) atoms. The highest BCUT2D eigenvalue weighted by Gasteiger charge is 2.57. The summed E-state index contributed by atoms with van der Waals surface area (Å²) in [5.74, 6) is -6.09. The number of likely N-dealkylation sites (tertiary alicyclic amines) is 1. The molecule has 0 saturated carbocycles. The van der Waals surface area contributed by atoms with E-state index in [1.54, 1.807) is 20.8 Å². The van der Waals surface area contributed by atoms with Crippen LogP contribution in [-0.2, 0) is 32.5 Å². The molecule has 250 valence electrons. The van der Waals surface area contributed by atoms with Crippen LogP contribution in [0, 0.1) is 18.6 Å². The van der Waals surface area contributed by atoms with Crippen LogP contribution in [0.2, 0.25) is 0 Å². The highest BCUT2D eigenvalue weighted by atomic mass is 32.2. The lowest BCUT2D eigenvalue weighted by molar-refractivity contribution is -0.0122. The molecule has 2 heterocycles. The summed E-state index contributed by atoms with van der Waals surface area (Å²) in [6.07, 6.45) is -1.80. The average Bonchev–Trinajstić information content (AvgIpc) is 3.08. The molecule has 2 aromatic rings. The quantitative estimate of drug-likeness (QED) is 0.369. The van der Waals surface area contributed by atoms with Gasteiger partial charge in [0.1, 0.15) is 23.1 Å². The highest BCUT2D eigenvalue weighted by Crippen LogP contribution is 2.37. The number of alkyl carbamates (subject to hydrolysis) is 1. The number of hydrogen-bond acceptors (Lipinski definition) is 8. The Morgan fingerprint density at radius 3 is 2.29 bits per heavy atom. The van der Waals surface area contributed by atoms with Gasteiger partial charge in [-0.25, -0.2) is 45.3 Å². The fourth-order valence-electron chi connectivity index (χ4n) is 4.47. The number of rotatable bonds is 8. The van der Waals surface area contributed by atoms with Gasteiger partial charge in [0.15, 0.2) is 11.6 Å². The molecule has 2 N–H and O–H groups in total. The van der Waals surface area contributed by atoms with Gasteiger partial charge in [-0.1, -0.05) is 12.1 Å². The van der Waals surface area contributed by atoms with Crippen LogP contribution < -0.4 is 14.8 Å². The van der Waals surface area contributed by atoms with Crippen molar-refractivity contribution in [3.8, 4) is 11.6 Å². The van der Waals surface area contributed by atoms with E-state index in [0.29, 0.717) is 11.2 Å². The molecule has 1 saturated heterocycles. The SMILES string of the molecule is Cc1cc(F)c(CNC(=O)OC(C)(C)C)nc1Oc1cccc(C[C@H]2[C@@H](NS(C)(=O)=O)C(F)(F)CN2C(=O)OC(C)(C)C)c1F. The van der Waals surface area contributed by atoms with Crippen molar-refractivity contribution in [1.82, 2.24) is 19.9 Å². The van der Waals surface area contributed by atoms with E-state index in [9.17, 15) is 22.4 Å². The summed E-state index contributed by atoms with van der Waals surface area (Å²) in [6.45, 7) is 9.48. The Morgan fingerprint density at radius 1 is 1.09 bits per heavy atom. The summed E-state index contributed by atoms with van der Waals surface area (Å²) >= 11 is 0. The van der Waals surface area contributed by atoms with Crippen molar-refractivity contribution in [3.05, 3.63) is 52.7 Å². The Kier molecular flexibility index (Phi) is 10.3. The minimum atomic E-state index is -4.18. The van der Waals surface area contributed by atoms with E-state index in [4.69, 9.17) is 14.2 Å². The van der Waals surface area contributed by atoms with E-state index in [0.717, 1.165) is 6.07 Å². The molecule has 1 aromatic heterocycles. The summed E-state index contributed by atoms with van der Waals surface area (Å²) in [4.78, 5) is 29.7. The number of ether oxygens (including phenoxy) is 3. The Bertz CT molecular complexity index is 1540. The molecule has 2 amide bonds. The van der Waals surface area contributed by atoms with Crippen LogP contribution in [0.5, 0.6) is 11.6 Å². The van der Waals surface area contributed by atoms with E-state index in [2.05, 4.69) is 10.3 Å². The first kappa shape index (κ1) is 35.8. The lowest BCUT2D eigenvalue weighted by atomic mass is 9.98. The maximum absolute atomic E-state index is 15.8. The molecule has 1 aliphatic heterocycles. The van der Waals surface area contributed by atoms with Crippen LogP contribution in [0.4, 0.5) is 27.2 Å². The number of nitrogens with zero attached hydrogens (tertiary/aromatic N) is 2. The van der Waals surface area contributed by atoms with Gasteiger partial charge >= 0.3 is 12.2 Å². The Morgan fingerprint density at radius 2 is 1.71 bits per heavy atom. The average molecular weight is 663 g/mol. The summed E-state index contributed by atoms with van der Waals surface area (Å²) in [5, 5.41) is 2.38. The van der Waals surface area contributed by atoms with Crippen LogP contribution in [0.15, 0.2) is 24.3 Å². The lowest BCUT2D eigenvalue weighted by Crippen LogP contribution is -2.52. The van der Waals surface area contributed by atoms with Crippen molar-refractivity contribution in [1.29, 1.82) is 0 Å². The Labute approximate surface area is 259 Å². The second kappa shape index (κ2) is 13.0. The van der Waals surface area contributed by atoms with Crippen molar-refractivity contribution in [2.24, 2.45) is 0 Å². The van der Waals surface area contributed by atoms with Crippen molar-refractivity contribution in [3.63, 3.8) is 0 Å². The number of hydrogen-bond donors (Lipinski definition) is 2. The van der Waals surface area contributed by atoms with Gasteiger partial charge in [0.05, 0.1) is 31.1 Å². The zero-order chi connectivity index (χ0) is 34.1. The Hall–Kier alpha value is -3.66. The van der Waals surface area contributed by atoms with E-state index in [1.165, 1.54) is 45.9 Å². The van der Waals surface area contributed by atoms with E-state index >= 15 is 13.2 Å². The molecular formula is C29H38F4N4O7S. The summed E-state index contributed by atoms with van der Waals surface area (Å²) in [7, 11) is -4.18. The smallest absolute Gasteiger partial charge is 0.410 e. The number of carbonyl (C=O) groups is 2.